The van der Waals surface area contributed by atoms with E-state index in [4.69, 9.17) is 0 Å². The smallest absolute Gasteiger partial charge is 0.291 e. The van der Waals surface area contributed by atoms with Crippen LogP contribution in [0.25, 0.3) is 0 Å². The summed E-state index contributed by atoms with van der Waals surface area (Å²) in [6.45, 7) is 9.85. The molecular weight excluding hydrogens is 244 g/mol. The number of hydrogen-bond acceptors (Lipinski definition) is 4. The molecule has 1 rings (SSSR count). The van der Waals surface area contributed by atoms with Gasteiger partial charge in [-0.3, -0.25) is 9.89 Å². The summed E-state index contributed by atoms with van der Waals surface area (Å²) in [4.78, 5) is 16.0. The van der Waals surface area contributed by atoms with Gasteiger partial charge in [0.05, 0.1) is 5.60 Å². The Labute approximate surface area is 114 Å². The van der Waals surface area contributed by atoms with Crippen LogP contribution in [0.2, 0.25) is 0 Å². The minimum atomic E-state index is -0.895. The van der Waals surface area contributed by atoms with E-state index in [2.05, 4.69) is 20.5 Å². The van der Waals surface area contributed by atoms with Gasteiger partial charge >= 0.3 is 0 Å². The summed E-state index contributed by atoms with van der Waals surface area (Å²) in [5, 5.41) is 19.3. The van der Waals surface area contributed by atoms with Crippen molar-refractivity contribution in [3.05, 3.63) is 11.6 Å². The summed E-state index contributed by atoms with van der Waals surface area (Å²) < 4.78 is 0. The molecule has 108 valence electrons. The summed E-state index contributed by atoms with van der Waals surface area (Å²) in [6, 6.07) is 0. The molecule has 3 N–H and O–H groups in total. The van der Waals surface area contributed by atoms with Crippen molar-refractivity contribution >= 4 is 5.91 Å². The van der Waals surface area contributed by atoms with E-state index in [0.717, 1.165) is 6.42 Å². The topological polar surface area (TPSA) is 90.9 Å². The molecule has 0 bridgehead atoms. The van der Waals surface area contributed by atoms with Crippen molar-refractivity contribution in [3.8, 4) is 0 Å². The monoisotopic (exact) mass is 268 g/mol. The number of carbonyl (C=O) groups is 1. The molecule has 0 spiro atoms. The lowest BCUT2D eigenvalue weighted by atomic mass is 9.96. The number of aliphatic hydroxyl groups is 1. The van der Waals surface area contributed by atoms with E-state index in [1.807, 2.05) is 27.7 Å². The molecule has 0 aliphatic heterocycles. The van der Waals surface area contributed by atoms with Gasteiger partial charge < -0.3 is 10.4 Å². The Hall–Kier alpha value is -1.43. The van der Waals surface area contributed by atoms with Crippen molar-refractivity contribution in [3.63, 3.8) is 0 Å². The highest BCUT2D eigenvalue weighted by molar-refractivity contribution is 5.90. The fourth-order valence-corrected chi connectivity index (χ4v) is 1.68. The first-order valence-corrected chi connectivity index (χ1v) is 6.59. The van der Waals surface area contributed by atoms with Gasteiger partial charge in [0.25, 0.3) is 5.91 Å². The predicted molar refractivity (Wildman–Crippen MR) is 72.9 cm³/mol. The maximum Gasteiger partial charge on any atom is 0.291 e. The zero-order chi connectivity index (χ0) is 14.7. The summed E-state index contributed by atoms with van der Waals surface area (Å²) >= 11 is 0. The molecule has 0 saturated carbocycles. The maximum absolute atomic E-state index is 11.9. The lowest BCUT2D eigenvalue weighted by molar-refractivity contribution is 0.0467. The number of nitrogens with one attached hydrogen (secondary N) is 2. The quantitative estimate of drug-likeness (QED) is 0.752. The minimum absolute atomic E-state index is 0.109. The first-order valence-electron chi connectivity index (χ1n) is 6.59. The van der Waals surface area contributed by atoms with E-state index in [1.165, 1.54) is 0 Å². The highest BCUT2D eigenvalue weighted by atomic mass is 16.3. The molecule has 0 aliphatic carbocycles. The molecule has 6 heteroatoms. The Bertz CT molecular complexity index is 432. The molecule has 1 aromatic rings. The average Bonchev–Trinajstić information content (AvgIpc) is 2.74. The zero-order valence-corrected chi connectivity index (χ0v) is 12.4. The Morgan fingerprint density at radius 2 is 2.00 bits per heavy atom. The Balaban J connectivity index is 2.62. The second-order valence-corrected chi connectivity index (χ2v) is 6.19. The van der Waals surface area contributed by atoms with Gasteiger partial charge in [0, 0.05) is 12.0 Å². The van der Waals surface area contributed by atoms with E-state index < -0.39 is 5.60 Å². The number of aromatic nitrogens is 3. The van der Waals surface area contributed by atoms with Gasteiger partial charge in [-0.2, -0.15) is 0 Å². The Morgan fingerprint density at radius 1 is 1.37 bits per heavy atom. The lowest BCUT2D eigenvalue weighted by Gasteiger charge is -2.22. The second-order valence-electron chi connectivity index (χ2n) is 6.19. The fourth-order valence-electron chi connectivity index (χ4n) is 1.68. The van der Waals surface area contributed by atoms with E-state index in [-0.39, 0.29) is 23.7 Å². The molecule has 0 aliphatic rings. The van der Waals surface area contributed by atoms with Crippen LogP contribution < -0.4 is 5.32 Å². The molecule has 6 nitrogen and oxygen atoms in total. The lowest BCUT2D eigenvalue weighted by Crippen LogP contribution is -2.40. The van der Waals surface area contributed by atoms with Crippen molar-refractivity contribution in [1.29, 1.82) is 0 Å². The predicted octanol–water partition coefficient (Wildman–Crippen LogP) is 1.38. The fraction of sp³-hybridized carbons (Fsp3) is 0.769. The number of aromatic amines is 1. The van der Waals surface area contributed by atoms with Gasteiger partial charge in [-0.15, -0.1) is 5.10 Å². The van der Waals surface area contributed by atoms with Gasteiger partial charge in [0.2, 0.25) is 5.82 Å². The number of amides is 1. The summed E-state index contributed by atoms with van der Waals surface area (Å²) in [5.41, 5.74) is -1.08. The van der Waals surface area contributed by atoms with Gasteiger partial charge in [-0.1, -0.05) is 34.1 Å². The number of H-pyrrole nitrogens is 1. The van der Waals surface area contributed by atoms with Gasteiger partial charge in [-0.25, -0.2) is 4.98 Å². The minimum Gasteiger partial charge on any atom is -0.388 e. The first-order chi connectivity index (χ1) is 8.65. The first kappa shape index (κ1) is 15.6. The molecule has 0 fully saturated rings. The van der Waals surface area contributed by atoms with Crippen LogP contribution in [-0.2, 0) is 5.41 Å². The third-order valence-electron chi connectivity index (χ3n) is 2.82. The molecule has 1 heterocycles. The van der Waals surface area contributed by atoms with Crippen LogP contribution in [0.15, 0.2) is 0 Å². The van der Waals surface area contributed by atoms with Crippen LogP contribution in [-0.4, -0.2) is 38.3 Å². The van der Waals surface area contributed by atoms with Crippen LogP contribution in [0, 0.1) is 0 Å². The highest BCUT2D eigenvalue weighted by Gasteiger charge is 2.24. The van der Waals surface area contributed by atoms with Crippen molar-refractivity contribution in [2.45, 2.75) is 58.5 Å². The van der Waals surface area contributed by atoms with Crippen molar-refractivity contribution < 1.29 is 9.90 Å². The number of carbonyl (C=O) groups excluding carboxylic acids is 1. The largest absolute Gasteiger partial charge is 0.388 e. The molecule has 19 heavy (non-hydrogen) atoms. The van der Waals surface area contributed by atoms with Gasteiger partial charge in [0.15, 0.2) is 0 Å². The van der Waals surface area contributed by atoms with Gasteiger partial charge in [-0.05, 0) is 13.3 Å². The van der Waals surface area contributed by atoms with Crippen LogP contribution in [0.4, 0.5) is 0 Å². The third kappa shape index (κ3) is 4.63. The molecule has 1 unspecified atom stereocenters. The van der Waals surface area contributed by atoms with Crippen LogP contribution >= 0.6 is 0 Å². The van der Waals surface area contributed by atoms with Crippen molar-refractivity contribution in [2.75, 3.05) is 6.54 Å². The van der Waals surface area contributed by atoms with Gasteiger partial charge in [0.1, 0.15) is 5.82 Å². The van der Waals surface area contributed by atoms with E-state index >= 15 is 0 Å². The summed E-state index contributed by atoms with van der Waals surface area (Å²) in [6.07, 6.45) is 1.49. The number of hydrogen-bond donors (Lipinski definition) is 3. The average molecular weight is 268 g/mol. The molecule has 0 saturated heterocycles. The van der Waals surface area contributed by atoms with Crippen molar-refractivity contribution in [1.82, 2.24) is 20.5 Å². The van der Waals surface area contributed by atoms with Crippen LogP contribution in [0.5, 0.6) is 0 Å². The normalized spacial score (nSPS) is 15.1. The molecule has 1 amide bonds. The van der Waals surface area contributed by atoms with E-state index in [9.17, 15) is 9.90 Å². The molecule has 1 atom stereocenters. The molecule has 0 aromatic carbocycles. The Morgan fingerprint density at radius 3 is 2.47 bits per heavy atom. The molecule has 0 radical (unpaired) electrons. The van der Waals surface area contributed by atoms with E-state index in [1.54, 1.807) is 6.92 Å². The molecule has 1 aromatic heterocycles. The standard InChI is InChI=1S/C13H24N4O2/c1-6-7-13(5,19)8-14-10(18)9-15-11(17-16-9)12(2,3)4/h19H,6-8H2,1-5H3,(H,14,18)(H,15,16,17). The summed E-state index contributed by atoms with van der Waals surface area (Å²) in [5.74, 6) is 0.401. The SMILES string of the molecule is CCCC(C)(O)CNC(=O)c1n[nH]c(C(C)(C)C)n1. The van der Waals surface area contributed by atoms with Crippen LogP contribution in [0.1, 0.15) is 63.9 Å². The number of rotatable bonds is 5. The number of nitrogens with zero attached hydrogens (tertiary/aromatic N) is 2. The highest BCUT2D eigenvalue weighted by Crippen LogP contribution is 2.17. The van der Waals surface area contributed by atoms with Crippen molar-refractivity contribution in [2.24, 2.45) is 0 Å². The zero-order valence-electron chi connectivity index (χ0n) is 12.4. The Kier molecular flexibility index (Phi) is 4.68. The second kappa shape index (κ2) is 5.69. The van der Waals surface area contributed by atoms with E-state index in [0.29, 0.717) is 12.2 Å². The maximum atomic E-state index is 11.9. The summed E-state index contributed by atoms with van der Waals surface area (Å²) in [7, 11) is 0. The third-order valence-corrected chi connectivity index (χ3v) is 2.82. The van der Waals surface area contributed by atoms with Crippen LogP contribution in [0.3, 0.4) is 0 Å². The molecular formula is C13H24N4O2.